The van der Waals surface area contributed by atoms with Crippen molar-refractivity contribution in [1.29, 1.82) is 0 Å². The van der Waals surface area contributed by atoms with Crippen molar-refractivity contribution in [3.63, 3.8) is 0 Å². The summed E-state index contributed by atoms with van der Waals surface area (Å²) >= 11 is 15.0. The van der Waals surface area contributed by atoms with Gasteiger partial charge in [0, 0.05) is 25.6 Å². The molecule has 0 radical (unpaired) electrons. The van der Waals surface area contributed by atoms with E-state index in [9.17, 15) is 9.90 Å². The van der Waals surface area contributed by atoms with E-state index >= 15 is 0 Å². The molecular formula is C15H11BrCl2N2O2. The largest absolute Gasteiger partial charge is 0.507 e. The number of nitrogens with one attached hydrogen (secondary N) is 1. The zero-order valence-electron chi connectivity index (χ0n) is 11.4. The van der Waals surface area contributed by atoms with Gasteiger partial charge in [0.25, 0.3) is 5.91 Å². The van der Waals surface area contributed by atoms with Crippen LogP contribution in [0.15, 0.2) is 39.9 Å². The molecule has 2 N–H and O–H groups in total. The summed E-state index contributed by atoms with van der Waals surface area (Å²) in [5.41, 5.74) is 3.83. The molecule has 22 heavy (non-hydrogen) atoms. The van der Waals surface area contributed by atoms with Gasteiger partial charge in [-0.25, -0.2) is 5.43 Å². The highest BCUT2D eigenvalue weighted by Crippen LogP contribution is 2.25. The molecule has 0 saturated carbocycles. The number of halogens is 3. The van der Waals surface area contributed by atoms with Crippen molar-refractivity contribution in [2.45, 2.75) is 6.92 Å². The summed E-state index contributed by atoms with van der Waals surface area (Å²) in [6.45, 7) is 1.77. The average molecular weight is 402 g/mol. The Labute approximate surface area is 145 Å². The summed E-state index contributed by atoms with van der Waals surface area (Å²) in [6, 6.07) is 7.97. The number of nitrogens with zero attached hydrogens (tertiary/aromatic N) is 1. The fourth-order valence-corrected chi connectivity index (χ4v) is 2.89. The quantitative estimate of drug-likeness (QED) is 0.586. The monoisotopic (exact) mass is 400 g/mol. The van der Waals surface area contributed by atoms with E-state index in [2.05, 4.69) is 26.5 Å². The lowest BCUT2D eigenvalue weighted by Gasteiger charge is -2.04. The summed E-state index contributed by atoms with van der Waals surface area (Å²) in [5.74, 6) is -0.348. The molecule has 0 atom stereocenters. The van der Waals surface area contributed by atoms with Crippen molar-refractivity contribution in [1.82, 2.24) is 5.43 Å². The molecule has 0 heterocycles. The topological polar surface area (TPSA) is 61.7 Å². The molecule has 4 nitrogen and oxygen atoms in total. The molecule has 0 fully saturated rings. The first kappa shape index (κ1) is 16.8. The average Bonchev–Trinajstić information content (AvgIpc) is 2.42. The fraction of sp³-hybridized carbons (Fsp3) is 0.0667. The Kier molecular flexibility index (Phi) is 5.45. The standard InChI is InChI=1S/C15H11BrCl2N2O2/c1-8-2-11(16)3-10(14(8)21)7-19-20-15(22)9-4-12(17)6-13(18)5-9/h2-7,21H,1H3,(H,20,22). The maximum absolute atomic E-state index is 11.9. The number of carbonyl (C=O) groups excluding carboxylic acids is 1. The molecule has 114 valence electrons. The lowest BCUT2D eigenvalue weighted by atomic mass is 10.1. The Bertz CT molecular complexity index is 743. The lowest BCUT2D eigenvalue weighted by molar-refractivity contribution is 0.0955. The zero-order valence-corrected chi connectivity index (χ0v) is 14.5. The predicted octanol–water partition coefficient (Wildman–Crippen LogP) is 4.53. The van der Waals surface area contributed by atoms with Gasteiger partial charge in [0.05, 0.1) is 6.21 Å². The van der Waals surface area contributed by atoms with Crippen LogP contribution in [0.5, 0.6) is 5.75 Å². The number of phenolic OH excluding ortho intramolecular Hbond substituents is 1. The van der Waals surface area contributed by atoms with E-state index in [1.165, 1.54) is 24.4 Å². The molecule has 0 spiro atoms. The normalized spacial score (nSPS) is 10.9. The molecule has 0 unspecified atom stereocenters. The summed E-state index contributed by atoms with van der Waals surface area (Å²) in [5, 5.41) is 14.5. The van der Waals surface area contributed by atoms with Gasteiger partial charge in [0.1, 0.15) is 5.75 Å². The first-order chi connectivity index (χ1) is 10.4. The Morgan fingerprint density at radius 2 is 1.86 bits per heavy atom. The Hall–Kier alpha value is -1.56. The van der Waals surface area contributed by atoms with Gasteiger partial charge in [-0.15, -0.1) is 0 Å². The van der Waals surface area contributed by atoms with Crippen molar-refractivity contribution in [3.05, 3.63) is 61.5 Å². The SMILES string of the molecule is Cc1cc(Br)cc(C=NNC(=O)c2cc(Cl)cc(Cl)c2)c1O. The van der Waals surface area contributed by atoms with Gasteiger partial charge in [-0.2, -0.15) is 5.10 Å². The van der Waals surface area contributed by atoms with E-state index in [1.54, 1.807) is 19.1 Å². The first-order valence-corrected chi connectivity index (χ1v) is 7.70. The molecule has 0 aliphatic heterocycles. The second-order valence-corrected chi connectivity index (χ2v) is 6.31. The molecule has 2 aromatic rings. The van der Waals surface area contributed by atoms with Crippen LogP contribution in [0.2, 0.25) is 10.0 Å². The highest BCUT2D eigenvalue weighted by Gasteiger charge is 2.07. The fourth-order valence-electron chi connectivity index (χ4n) is 1.77. The smallest absolute Gasteiger partial charge is 0.271 e. The number of hydrogen-bond acceptors (Lipinski definition) is 3. The number of aromatic hydroxyl groups is 1. The third-order valence-corrected chi connectivity index (χ3v) is 3.68. The first-order valence-electron chi connectivity index (χ1n) is 6.15. The van der Waals surface area contributed by atoms with Gasteiger partial charge in [-0.05, 0) is 42.8 Å². The number of phenols is 1. The third kappa shape index (κ3) is 4.22. The highest BCUT2D eigenvalue weighted by molar-refractivity contribution is 9.10. The number of aryl methyl sites for hydroxylation is 1. The second-order valence-electron chi connectivity index (χ2n) is 4.52. The molecule has 7 heteroatoms. The van der Waals surface area contributed by atoms with Crippen LogP contribution in [-0.4, -0.2) is 17.2 Å². The van der Waals surface area contributed by atoms with Crippen LogP contribution in [0.25, 0.3) is 0 Å². The van der Waals surface area contributed by atoms with E-state index in [0.29, 0.717) is 26.7 Å². The zero-order chi connectivity index (χ0) is 16.3. The van der Waals surface area contributed by atoms with Crippen LogP contribution >= 0.6 is 39.1 Å². The lowest BCUT2D eigenvalue weighted by Crippen LogP contribution is -2.17. The van der Waals surface area contributed by atoms with Gasteiger partial charge in [-0.1, -0.05) is 39.1 Å². The minimum Gasteiger partial charge on any atom is -0.507 e. The molecule has 0 aromatic heterocycles. The maximum atomic E-state index is 11.9. The number of rotatable bonds is 3. The second kappa shape index (κ2) is 7.13. The van der Waals surface area contributed by atoms with Crippen LogP contribution in [0, 0.1) is 6.92 Å². The van der Waals surface area contributed by atoms with Crippen LogP contribution in [0.4, 0.5) is 0 Å². The third-order valence-electron chi connectivity index (χ3n) is 2.79. The van der Waals surface area contributed by atoms with Crippen LogP contribution in [0.3, 0.4) is 0 Å². The number of amides is 1. The van der Waals surface area contributed by atoms with Crippen molar-refractivity contribution in [2.75, 3.05) is 0 Å². The molecule has 0 saturated heterocycles. The molecule has 0 bridgehead atoms. The summed E-state index contributed by atoms with van der Waals surface area (Å²) < 4.78 is 0.803. The van der Waals surface area contributed by atoms with E-state index < -0.39 is 5.91 Å². The van der Waals surface area contributed by atoms with Crippen molar-refractivity contribution in [3.8, 4) is 5.75 Å². The van der Waals surface area contributed by atoms with Crippen molar-refractivity contribution < 1.29 is 9.90 Å². The Morgan fingerprint density at radius 1 is 1.23 bits per heavy atom. The number of hydrazone groups is 1. The predicted molar refractivity (Wildman–Crippen MR) is 92.1 cm³/mol. The molecule has 2 rings (SSSR count). The van der Waals surface area contributed by atoms with Gasteiger partial charge in [0.2, 0.25) is 0 Å². The van der Waals surface area contributed by atoms with Crippen LogP contribution in [-0.2, 0) is 0 Å². The highest BCUT2D eigenvalue weighted by atomic mass is 79.9. The molecular weight excluding hydrogens is 391 g/mol. The summed E-state index contributed by atoms with van der Waals surface area (Å²) in [4.78, 5) is 11.9. The Balaban J connectivity index is 2.14. The van der Waals surface area contributed by atoms with Gasteiger partial charge in [0.15, 0.2) is 0 Å². The maximum Gasteiger partial charge on any atom is 0.271 e. The summed E-state index contributed by atoms with van der Waals surface area (Å²) in [7, 11) is 0. The summed E-state index contributed by atoms with van der Waals surface area (Å²) in [6.07, 6.45) is 1.36. The number of benzene rings is 2. The Morgan fingerprint density at radius 3 is 2.50 bits per heavy atom. The molecule has 1 amide bonds. The van der Waals surface area contributed by atoms with Crippen LogP contribution in [0.1, 0.15) is 21.5 Å². The molecule has 0 aliphatic carbocycles. The van der Waals surface area contributed by atoms with Gasteiger partial charge >= 0.3 is 0 Å². The van der Waals surface area contributed by atoms with Gasteiger partial charge < -0.3 is 5.11 Å². The van der Waals surface area contributed by atoms with E-state index in [0.717, 1.165) is 4.47 Å². The van der Waals surface area contributed by atoms with Crippen molar-refractivity contribution in [2.24, 2.45) is 5.10 Å². The van der Waals surface area contributed by atoms with E-state index in [-0.39, 0.29) is 5.75 Å². The minimum atomic E-state index is -0.452. The molecule has 0 aliphatic rings. The number of hydrogen-bond donors (Lipinski definition) is 2. The van der Waals surface area contributed by atoms with E-state index in [4.69, 9.17) is 23.2 Å². The van der Waals surface area contributed by atoms with Gasteiger partial charge in [-0.3, -0.25) is 4.79 Å². The van der Waals surface area contributed by atoms with E-state index in [1.807, 2.05) is 0 Å². The minimum absolute atomic E-state index is 0.104. The number of carbonyl (C=O) groups is 1. The van der Waals surface area contributed by atoms with Crippen LogP contribution < -0.4 is 5.43 Å². The molecule has 2 aromatic carbocycles. The van der Waals surface area contributed by atoms with Crippen molar-refractivity contribution >= 4 is 51.3 Å².